The lowest BCUT2D eigenvalue weighted by atomic mass is 9.67. The number of amides is 1. The van der Waals surface area contributed by atoms with Crippen molar-refractivity contribution in [2.75, 3.05) is 0 Å². The molecule has 122 valence electrons. The van der Waals surface area contributed by atoms with Gasteiger partial charge in [-0.05, 0) is 55.7 Å². The number of hydrogen-bond acceptors (Lipinski definition) is 2. The molecule has 0 aromatic heterocycles. The summed E-state index contributed by atoms with van der Waals surface area (Å²) in [6.45, 7) is 0. The van der Waals surface area contributed by atoms with Gasteiger partial charge in [-0.2, -0.15) is 0 Å². The zero-order chi connectivity index (χ0) is 15.0. The minimum atomic E-state index is -0.0649. The largest absolute Gasteiger partial charge is 0.349 e. The molecule has 1 amide bonds. The predicted octanol–water partition coefficient (Wildman–Crippen LogP) is 4.16. The Morgan fingerprint density at radius 2 is 1.91 bits per heavy atom. The van der Waals surface area contributed by atoms with Crippen molar-refractivity contribution in [2.24, 2.45) is 17.6 Å². The van der Waals surface area contributed by atoms with Gasteiger partial charge >= 0.3 is 0 Å². The van der Waals surface area contributed by atoms with E-state index in [0.717, 1.165) is 17.3 Å². The van der Waals surface area contributed by atoms with Gasteiger partial charge in [0.05, 0.1) is 10.6 Å². The van der Waals surface area contributed by atoms with Crippen molar-refractivity contribution < 1.29 is 4.79 Å². The van der Waals surface area contributed by atoms with Crippen molar-refractivity contribution in [3.05, 3.63) is 33.3 Å². The Hall–Kier alpha value is -0.290. The zero-order valence-corrected chi connectivity index (χ0v) is 15.4. The van der Waals surface area contributed by atoms with E-state index in [0.29, 0.717) is 28.5 Å². The van der Waals surface area contributed by atoms with E-state index in [1.54, 1.807) is 12.1 Å². The summed E-state index contributed by atoms with van der Waals surface area (Å²) < 4.78 is 0.879. The Kier molecular flexibility index (Phi) is 6.17. The van der Waals surface area contributed by atoms with E-state index in [9.17, 15) is 4.79 Å². The Morgan fingerprint density at radius 3 is 2.50 bits per heavy atom. The van der Waals surface area contributed by atoms with Crippen LogP contribution in [-0.2, 0) is 0 Å². The zero-order valence-electron chi connectivity index (χ0n) is 12.2. The van der Waals surface area contributed by atoms with Gasteiger partial charge in [-0.1, -0.05) is 34.0 Å². The average molecular weight is 408 g/mol. The van der Waals surface area contributed by atoms with Crippen molar-refractivity contribution >= 4 is 45.8 Å². The number of halogens is 3. The molecular weight excluding hydrogens is 387 g/mol. The molecular formula is C16H21BrCl2N2O. The first-order valence-corrected chi connectivity index (χ1v) is 8.73. The van der Waals surface area contributed by atoms with Gasteiger partial charge in [0, 0.05) is 16.6 Å². The third-order valence-electron chi connectivity index (χ3n) is 4.85. The number of carbonyl (C=O) groups excluding carboxylic acids is 1. The van der Waals surface area contributed by atoms with Crippen LogP contribution in [0.3, 0.4) is 0 Å². The van der Waals surface area contributed by atoms with E-state index >= 15 is 0 Å². The fraction of sp³-hybridized carbons (Fsp3) is 0.562. The monoisotopic (exact) mass is 406 g/mol. The normalized spacial score (nSPS) is 30.3. The third kappa shape index (κ3) is 3.78. The third-order valence-corrected chi connectivity index (χ3v) is 5.66. The van der Waals surface area contributed by atoms with Crippen LogP contribution in [0.1, 0.15) is 42.5 Å². The van der Waals surface area contributed by atoms with Crippen molar-refractivity contribution in [2.45, 2.75) is 44.2 Å². The minimum absolute atomic E-state index is 0. The molecule has 0 saturated heterocycles. The first-order chi connectivity index (χ1) is 10.0. The first kappa shape index (κ1) is 18.1. The van der Waals surface area contributed by atoms with Gasteiger partial charge in [-0.25, -0.2) is 0 Å². The number of benzene rings is 1. The van der Waals surface area contributed by atoms with Crippen molar-refractivity contribution in [1.29, 1.82) is 0 Å². The lowest BCUT2D eigenvalue weighted by Crippen LogP contribution is -2.53. The van der Waals surface area contributed by atoms with E-state index in [4.69, 9.17) is 17.3 Å². The summed E-state index contributed by atoms with van der Waals surface area (Å²) in [6.07, 6.45) is 5.64. The highest BCUT2D eigenvalue weighted by Gasteiger charge is 2.40. The van der Waals surface area contributed by atoms with Crippen LogP contribution >= 0.6 is 39.9 Å². The number of nitrogens with one attached hydrogen (secondary N) is 1. The first-order valence-electron chi connectivity index (χ1n) is 7.56. The summed E-state index contributed by atoms with van der Waals surface area (Å²) >= 11 is 9.53. The van der Waals surface area contributed by atoms with Crippen LogP contribution in [0, 0.1) is 11.8 Å². The molecule has 1 aromatic rings. The second kappa shape index (κ2) is 7.52. The SMILES string of the molecule is Cl.NC1CC2CCCC(C1)C2NC(=O)c1ccc(Br)cc1Cl. The summed E-state index contributed by atoms with van der Waals surface area (Å²) in [5.74, 6) is 0.973. The molecule has 3 nitrogen and oxygen atoms in total. The summed E-state index contributed by atoms with van der Waals surface area (Å²) in [4.78, 5) is 12.5. The molecule has 2 saturated carbocycles. The molecule has 2 fully saturated rings. The Labute approximate surface area is 150 Å². The molecule has 2 aliphatic carbocycles. The smallest absolute Gasteiger partial charge is 0.253 e. The molecule has 0 heterocycles. The van der Waals surface area contributed by atoms with Crippen LogP contribution in [0.15, 0.2) is 22.7 Å². The fourth-order valence-corrected chi connectivity index (χ4v) is 4.69. The average Bonchev–Trinajstić information content (AvgIpc) is 2.39. The van der Waals surface area contributed by atoms with Crippen molar-refractivity contribution in [3.63, 3.8) is 0 Å². The highest BCUT2D eigenvalue weighted by molar-refractivity contribution is 9.10. The second-order valence-corrected chi connectivity index (χ2v) is 7.63. The molecule has 2 aliphatic rings. The summed E-state index contributed by atoms with van der Waals surface area (Å²) in [7, 11) is 0. The molecule has 3 rings (SSSR count). The fourth-order valence-electron chi connectivity index (χ4n) is 3.93. The quantitative estimate of drug-likeness (QED) is 0.773. The van der Waals surface area contributed by atoms with Crippen LogP contribution in [0.2, 0.25) is 5.02 Å². The molecule has 6 heteroatoms. The maximum absolute atomic E-state index is 12.5. The van der Waals surface area contributed by atoms with Gasteiger partial charge in [-0.15, -0.1) is 12.4 Å². The predicted molar refractivity (Wildman–Crippen MR) is 95.7 cm³/mol. The topological polar surface area (TPSA) is 55.1 Å². The van der Waals surface area contributed by atoms with Crippen LogP contribution in [0.25, 0.3) is 0 Å². The highest BCUT2D eigenvalue weighted by atomic mass is 79.9. The summed E-state index contributed by atoms with van der Waals surface area (Å²) in [5.41, 5.74) is 6.68. The van der Waals surface area contributed by atoms with Crippen molar-refractivity contribution in [1.82, 2.24) is 5.32 Å². The molecule has 1 aromatic carbocycles. The molecule has 0 radical (unpaired) electrons. The molecule has 2 atom stereocenters. The van der Waals surface area contributed by atoms with Gasteiger partial charge in [0.1, 0.15) is 0 Å². The maximum atomic E-state index is 12.5. The maximum Gasteiger partial charge on any atom is 0.253 e. The van der Waals surface area contributed by atoms with Gasteiger partial charge in [-0.3, -0.25) is 4.79 Å². The van der Waals surface area contributed by atoms with Gasteiger partial charge < -0.3 is 11.1 Å². The summed E-state index contributed by atoms with van der Waals surface area (Å²) in [5, 5.41) is 3.71. The van der Waals surface area contributed by atoms with Crippen molar-refractivity contribution in [3.8, 4) is 0 Å². The number of rotatable bonds is 2. The number of nitrogens with two attached hydrogens (primary N) is 1. The molecule has 2 unspecified atom stereocenters. The van der Waals surface area contributed by atoms with E-state index in [-0.39, 0.29) is 24.4 Å². The Morgan fingerprint density at radius 1 is 1.27 bits per heavy atom. The Balaban J connectivity index is 0.00000176. The number of carbonyl (C=O) groups is 1. The minimum Gasteiger partial charge on any atom is -0.349 e. The van der Waals surface area contributed by atoms with E-state index in [1.165, 1.54) is 19.3 Å². The molecule has 22 heavy (non-hydrogen) atoms. The standard InChI is InChI=1S/C16H20BrClN2O.ClH/c17-11-4-5-13(14(18)8-11)16(21)20-15-9-2-1-3-10(15)7-12(19)6-9;/h4-5,8-10,12,15H,1-3,6-7,19H2,(H,20,21);1H. The number of hydrogen-bond donors (Lipinski definition) is 2. The van der Waals surface area contributed by atoms with E-state index in [2.05, 4.69) is 21.2 Å². The van der Waals surface area contributed by atoms with Crippen LogP contribution in [-0.4, -0.2) is 18.0 Å². The molecule has 0 spiro atoms. The van der Waals surface area contributed by atoms with Crippen LogP contribution in [0.4, 0.5) is 0 Å². The van der Waals surface area contributed by atoms with Gasteiger partial charge in [0.15, 0.2) is 0 Å². The molecule has 3 N–H and O–H groups in total. The van der Waals surface area contributed by atoms with Crippen LogP contribution < -0.4 is 11.1 Å². The second-order valence-electron chi connectivity index (χ2n) is 6.31. The summed E-state index contributed by atoms with van der Waals surface area (Å²) in [6, 6.07) is 5.92. The molecule has 2 bridgehead atoms. The highest BCUT2D eigenvalue weighted by Crippen LogP contribution is 2.39. The van der Waals surface area contributed by atoms with Gasteiger partial charge in [0.25, 0.3) is 5.91 Å². The molecule has 0 aliphatic heterocycles. The van der Waals surface area contributed by atoms with Gasteiger partial charge in [0.2, 0.25) is 0 Å². The number of fused-ring (bicyclic) bond motifs is 2. The van der Waals surface area contributed by atoms with E-state index in [1.807, 2.05) is 6.07 Å². The lowest BCUT2D eigenvalue weighted by molar-refractivity contribution is 0.0756. The van der Waals surface area contributed by atoms with E-state index < -0.39 is 0 Å². The Bertz CT molecular complexity index is 541. The van der Waals surface area contributed by atoms with Crippen LogP contribution in [0.5, 0.6) is 0 Å². The lowest BCUT2D eigenvalue weighted by Gasteiger charge is -2.45.